The first-order valence-corrected chi connectivity index (χ1v) is 8.19. The van der Waals surface area contributed by atoms with Crippen molar-refractivity contribution in [1.82, 2.24) is 4.98 Å². The monoisotopic (exact) mass is 331 g/mol. The molecule has 4 heteroatoms. The van der Waals surface area contributed by atoms with E-state index in [9.17, 15) is 4.79 Å². The number of hydrogen-bond acceptors (Lipinski definition) is 3. The van der Waals surface area contributed by atoms with Crippen LogP contribution in [0.2, 0.25) is 0 Å². The Kier molecular flexibility index (Phi) is 4.80. The number of nitrogens with one attached hydrogen (secondary N) is 2. The third-order valence-corrected chi connectivity index (χ3v) is 3.98. The smallest absolute Gasteiger partial charge is 0.274 e. The fraction of sp³-hybridized carbons (Fsp3) is 0.143. The summed E-state index contributed by atoms with van der Waals surface area (Å²) in [5.74, 6) is -0.220. The highest BCUT2D eigenvalue weighted by Gasteiger charge is 2.08. The molecule has 0 fully saturated rings. The number of amides is 1. The summed E-state index contributed by atoms with van der Waals surface area (Å²) in [5, 5.41) is 6.19. The van der Waals surface area contributed by atoms with Gasteiger partial charge in [0.25, 0.3) is 5.91 Å². The van der Waals surface area contributed by atoms with E-state index in [1.807, 2.05) is 37.3 Å². The zero-order valence-electron chi connectivity index (χ0n) is 14.6. The van der Waals surface area contributed by atoms with Crippen LogP contribution in [0.15, 0.2) is 60.8 Å². The third-order valence-electron chi connectivity index (χ3n) is 3.98. The molecule has 0 unspecified atom stereocenters. The first-order chi connectivity index (χ1) is 12.0. The number of benzene rings is 2. The van der Waals surface area contributed by atoms with Gasteiger partial charge in [-0.2, -0.15) is 0 Å². The Morgan fingerprint density at radius 3 is 2.20 bits per heavy atom. The van der Waals surface area contributed by atoms with Crippen LogP contribution in [0.4, 0.5) is 17.1 Å². The normalized spacial score (nSPS) is 10.4. The van der Waals surface area contributed by atoms with Gasteiger partial charge in [-0.3, -0.25) is 4.79 Å². The molecule has 0 atom stereocenters. The summed E-state index contributed by atoms with van der Waals surface area (Å²) in [5.41, 5.74) is 6.53. The zero-order valence-corrected chi connectivity index (χ0v) is 14.6. The molecule has 1 aromatic heterocycles. The van der Waals surface area contributed by atoms with Crippen LogP contribution >= 0.6 is 0 Å². The predicted molar refractivity (Wildman–Crippen MR) is 103 cm³/mol. The predicted octanol–water partition coefficient (Wildman–Crippen LogP) is 5.00. The first-order valence-electron chi connectivity index (χ1n) is 8.19. The van der Waals surface area contributed by atoms with Crippen LogP contribution in [-0.4, -0.2) is 10.9 Å². The molecule has 1 heterocycles. The summed E-state index contributed by atoms with van der Waals surface area (Å²) < 4.78 is 0. The van der Waals surface area contributed by atoms with Crippen molar-refractivity contribution in [3.63, 3.8) is 0 Å². The largest absolute Gasteiger partial charge is 0.354 e. The van der Waals surface area contributed by atoms with Gasteiger partial charge < -0.3 is 10.6 Å². The lowest BCUT2D eigenvalue weighted by Gasteiger charge is -2.11. The number of rotatable bonds is 4. The minimum atomic E-state index is -0.220. The van der Waals surface area contributed by atoms with Crippen LogP contribution in [0.5, 0.6) is 0 Å². The van der Waals surface area contributed by atoms with Gasteiger partial charge in [0.1, 0.15) is 5.69 Å². The highest BCUT2D eigenvalue weighted by molar-refractivity contribution is 6.02. The maximum absolute atomic E-state index is 12.3. The van der Waals surface area contributed by atoms with Gasteiger partial charge in [0.2, 0.25) is 0 Å². The number of aromatic nitrogens is 1. The van der Waals surface area contributed by atoms with Crippen molar-refractivity contribution in [1.29, 1.82) is 0 Å². The molecule has 0 aliphatic carbocycles. The van der Waals surface area contributed by atoms with E-state index in [1.165, 1.54) is 5.56 Å². The topological polar surface area (TPSA) is 54.0 Å². The quantitative estimate of drug-likeness (QED) is 0.707. The number of nitrogens with zero attached hydrogens (tertiary/aromatic N) is 1. The molecule has 3 rings (SSSR count). The highest BCUT2D eigenvalue weighted by Crippen LogP contribution is 2.21. The number of carbonyl (C=O) groups excluding carboxylic acids is 1. The number of anilines is 3. The molecule has 126 valence electrons. The van der Waals surface area contributed by atoms with Crippen molar-refractivity contribution in [3.05, 3.63) is 83.2 Å². The molecule has 3 aromatic rings. The molecule has 4 nitrogen and oxygen atoms in total. The van der Waals surface area contributed by atoms with Crippen LogP contribution in [0.1, 0.15) is 27.2 Å². The van der Waals surface area contributed by atoms with Gasteiger partial charge in [-0.15, -0.1) is 0 Å². The second-order valence-corrected chi connectivity index (χ2v) is 6.20. The maximum atomic E-state index is 12.3. The van der Waals surface area contributed by atoms with Gasteiger partial charge in [-0.25, -0.2) is 4.98 Å². The van der Waals surface area contributed by atoms with Gasteiger partial charge in [0.15, 0.2) is 0 Å². The average Bonchev–Trinajstić information content (AvgIpc) is 2.61. The van der Waals surface area contributed by atoms with Gasteiger partial charge in [0, 0.05) is 11.4 Å². The molecule has 0 saturated carbocycles. The van der Waals surface area contributed by atoms with Crippen molar-refractivity contribution in [2.24, 2.45) is 0 Å². The van der Waals surface area contributed by atoms with Crippen LogP contribution < -0.4 is 10.6 Å². The molecule has 1 amide bonds. The minimum absolute atomic E-state index is 0.220. The lowest BCUT2D eigenvalue weighted by Crippen LogP contribution is -2.13. The molecule has 25 heavy (non-hydrogen) atoms. The Bertz CT molecular complexity index is 884. The summed E-state index contributed by atoms with van der Waals surface area (Å²) in [4.78, 5) is 16.5. The zero-order chi connectivity index (χ0) is 17.8. The number of aryl methyl sites for hydroxylation is 3. The molecule has 2 aromatic carbocycles. The molecule has 2 N–H and O–H groups in total. The van der Waals surface area contributed by atoms with Crippen LogP contribution in [0, 0.1) is 20.8 Å². The summed E-state index contributed by atoms with van der Waals surface area (Å²) in [7, 11) is 0. The number of hydrogen-bond donors (Lipinski definition) is 2. The van der Waals surface area contributed by atoms with E-state index in [4.69, 9.17) is 0 Å². The molecule has 0 bridgehead atoms. The first kappa shape index (κ1) is 16.7. The number of carbonyl (C=O) groups is 1. The van der Waals surface area contributed by atoms with E-state index in [1.54, 1.807) is 12.3 Å². The van der Waals surface area contributed by atoms with E-state index in [2.05, 4.69) is 47.7 Å². The van der Waals surface area contributed by atoms with E-state index in [0.717, 1.165) is 28.2 Å². The average molecular weight is 331 g/mol. The second kappa shape index (κ2) is 7.18. The van der Waals surface area contributed by atoms with E-state index in [-0.39, 0.29) is 5.91 Å². The molecule has 0 spiro atoms. The molecular formula is C21H21N3O. The van der Waals surface area contributed by atoms with Crippen molar-refractivity contribution in [2.75, 3.05) is 10.6 Å². The minimum Gasteiger partial charge on any atom is -0.354 e. The Balaban J connectivity index is 1.70. The second-order valence-electron chi connectivity index (χ2n) is 6.20. The van der Waals surface area contributed by atoms with E-state index < -0.39 is 0 Å². The molecule has 0 radical (unpaired) electrons. The molecule has 0 saturated heterocycles. The maximum Gasteiger partial charge on any atom is 0.274 e. The van der Waals surface area contributed by atoms with E-state index >= 15 is 0 Å². The van der Waals surface area contributed by atoms with Gasteiger partial charge >= 0.3 is 0 Å². The number of pyridine rings is 1. The van der Waals surface area contributed by atoms with Crippen LogP contribution in [0.25, 0.3) is 0 Å². The lowest BCUT2D eigenvalue weighted by atomic mass is 10.1. The standard InChI is InChI=1S/C21H21N3O/c1-14-5-8-17(9-6-14)24-21(25)19-11-10-18(13-22-19)23-20-12-15(2)4-7-16(20)3/h4-13,23H,1-3H3,(H,24,25). The summed E-state index contributed by atoms with van der Waals surface area (Å²) in [6.07, 6.45) is 1.67. The Labute approximate surface area is 147 Å². The third kappa shape index (κ3) is 4.23. The summed E-state index contributed by atoms with van der Waals surface area (Å²) >= 11 is 0. The lowest BCUT2D eigenvalue weighted by molar-refractivity contribution is 0.102. The van der Waals surface area contributed by atoms with Crippen molar-refractivity contribution < 1.29 is 4.79 Å². The molecule has 0 aliphatic rings. The van der Waals surface area contributed by atoms with Crippen LogP contribution in [0.3, 0.4) is 0 Å². The van der Waals surface area contributed by atoms with Crippen molar-refractivity contribution >= 4 is 23.0 Å². The van der Waals surface area contributed by atoms with Crippen molar-refractivity contribution in [3.8, 4) is 0 Å². The van der Waals surface area contributed by atoms with Gasteiger partial charge in [-0.1, -0.05) is 29.8 Å². The Morgan fingerprint density at radius 1 is 0.840 bits per heavy atom. The fourth-order valence-electron chi connectivity index (χ4n) is 2.46. The summed E-state index contributed by atoms with van der Waals surface area (Å²) in [6.45, 7) is 6.12. The fourth-order valence-corrected chi connectivity index (χ4v) is 2.46. The van der Waals surface area contributed by atoms with Gasteiger partial charge in [0.05, 0.1) is 11.9 Å². The molecular weight excluding hydrogens is 310 g/mol. The SMILES string of the molecule is Cc1ccc(NC(=O)c2ccc(Nc3cc(C)ccc3C)cn2)cc1. The summed E-state index contributed by atoms with van der Waals surface area (Å²) in [6, 6.07) is 17.5. The molecule has 0 aliphatic heterocycles. The van der Waals surface area contributed by atoms with E-state index in [0.29, 0.717) is 5.69 Å². The van der Waals surface area contributed by atoms with Gasteiger partial charge in [-0.05, 0) is 62.2 Å². The van der Waals surface area contributed by atoms with Crippen molar-refractivity contribution in [2.45, 2.75) is 20.8 Å². The highest BCUT2D eigenvalue weighted by atomic mass is 16.1. The van der Waals surface area contributed by atoms with Crippen LogP contribution in [-0.2, 0) is 0 Å². The Hall–Kier alpha value is -3.14. The Morgan fingerprint density at radius 2 is 1.52 bits per heavy atom.